The normalized spacial score (nSPS) is 15.8. The third-order valence-corrected chi connectivity index (χ3v) is 3.23. The number of carbonyl (C=O) groups excluding carboxylic acids is 1. The summed E-state index contributed by atoms with van der Waals surface area (Å²) in [6, 6.07) is 10.2. The maximum Gasteiger partial charge on any atom is 0.158 e. The highest BCUT2D eigenvalue weighted by molar-refractivity contribution is 5.92. The van der Waals surface area contributed by atoms with Crippen LogP contribution in [0.25, 0.3) is 0 Å². The van der Waals surface area contributed by atoms with Gasteiger partial charge in [0, 0.05) is 11.0 Å². The summed E-state index contributed by atoms with van der Waals surface area (Å²) in [5.41, 5.74) is 0.161. The van der Waals surface area contributed by atoms with Gasteiger partial charge in [0.25, 0.3) is 0 Å². The van der Waals surface area contributed by atoms with Gasteiger partial charge < -0.3 is 5.32 Å². The highest BCUT2D eigenvalue weighted by atomic mass is 16.1. The summed E-state index contributed by atoms with van der Waals surface area (Å²) in [6.45, 7) is 14.3. The maximum absolute atomic E-state index is 12.9. The molecule has 0 fully saturated rings. The minimum Gasteiger partial charge on any atom is -0.300 e. The van der Waals surface area contributed by atoms with E-state index in [4.69, 9.17) is 0 Å². The summed E-state index contributed by atoms with van der Waals surface area (Å²) in [5.74, 6) is 0.253. The maximum atomic E-state index is 12.9. The molecular formula is C18H29NO. The molecular weight excluding hydrogens is 246 g/mol. The van der Waals surface area contributed by atoms with E-state index in [0.717, 1.165) is 0 Å². The van der Waals surface area contributed by atoms with E-state index in [1.165, 1.54) is 5.56 Å². The molecule has 1 unspecified atom stereocenters. The molecule has 0 amide bonds. The number of ketones is 1. The predicted octanol–water partition coefficient (Wildman–Crippen LogP) is 3.99. The lowest BCUT2D eigenvalue weighted by Gasteiger charge is -2.40. The molecule has 1 aromatic carbocycles. The van der Waals surface area contributed by atoms with Gasteiger partial charge in [-0.2, -0.15) is 0 Å². The van der Waals surface area contributed by atoms with Crippen molar-refractivity contribution in [2.45, 2.75) is 66.0 Å². The Morgan fingerprint density at radius 2 is 1.45 bits per heavy atom. The highest BCUT2D eigenvalue weighted by Crippen LogP contribution is 2.28. The van der Waals surface area contributed by atoms with Crippen molar-refractivity contribution >= 4 is 5.78 Å². The van der Waals surface area contributed by atoms with Crippen LogP contribution in [0.5, 0.6) is 0 Å². The molecule has 2 nitrogen and oxygen atoms in total. The zero-order valence-corrected chi connectivity index (χ0v) is 14.0. The van der Waals surface area contributed by atoms with Crippen LogP contribution in [-0.4, -0.2) is 16.9 Å². The van der Waals surface area contributed by atoms with Gasteiger partial charge >= 0.3 is 0 Å². The third-order valence-electron chi connectivity index (χ3n) is 3.23. The molecule has 0 radical (unpaired) electrons. The van der Waals surface area contributed by atoms with Gasteiger partial charge in [0.2, 0.25) is 0 Å². The van der Waals surface area contributed by atoms with Gasteiger partial charge in [-0.15, -0.1) is 0 Å². The van der Waals surface area contributed by atoms with E-state index in [-0.39, 0.29) is 16.7 Å². The Morgan fingerprint density at radius 3 is 1.85 bits per heavy atom. The summed E-state index contributed by atoms with van der Waals surface area (Å²) < 4.78 is 0. The first-order valence-corrected chi connectivity index (χ1v) is 7.32. The van der Waals surface area contributed by atoms with Crippen LogP contribution in [0.4, 0.5) is 0 Å². The SMILES string of the molecule is CC(C)(C)NC(C)(Cc1ccccc1)C(=O)C(C)(C)C. The van der Waals surface area contributed by atoms with E-state index in [9.17, 15) is 4.79 Å². The lowest BCUT2D eigenvalue weighted by Crippen LogP contribution is -2.61. The largest absolute Gasteiger partial charge is 0.300 e. The van der Waals surface area contributed by atoms with Crippen molar-refractivity contribution in [2.24, 2.45) is 5.41 Å². The second-order valence-corrected chi connectivity index (χ2v) is 7.95. The standard InChI is InChI=1S/C18H29NO/c1-16(2,3)15(20)18(7,19-17(4,5)6)13-14-11-9-8-10-12-14/h8-12,19H,13H2,1-7H3. The van der Waals surface area contributed by atoms with Crippen LogP contribution < -0.4 is 5.32 Å². The first kappa shape index (κ1) is 16.9. The van der Waals surface area contributed by atoms with Crippen LogP contribution in [0, 0.1) is 5.41 Å². The Morgan fingerprint density at radius 1 is 0.950 bits per heavy atom. The van der Waals surface area contributed by atoms with E-state index >= 15 is 0 Å². The summed E-state index contributed by atoms with van der Waals surface area (Å²) in [6.07, 6.45) is 0.710. The molecule has 1 N–H and O–H groups in total. The van der Waals surface area contributed by atoms with Crippen LogP contribution in [-0.2, 0) is 11.2 Å². The van der Waals surface area contributed by atoms with Crippen molar-refractivity contribution in [1.29, 1.82) is 0 Å². The molecule has 0 aromatic heterocycles. The lowest BCUT2D eigenvalue weighted by molar-refractivity contribution is -0.133. The monoisotopic (exact) mass is 275 g/mol. The van der Waals surface area contributed by atoms with Crippen LogP contribution in [0.3, 0.4) is 0 Å². The van der Waals surface area contributed by atoms with E-state index in [0.29, 0.717) is 6.42 Å². The fourth-order valence-corrected chi connectivity index (χ4v) is 2.84. The molecule has 0 bridgehead atoms. The van der Waals surface area contributed by atoms with E-state index in [1.54, 1.807) is 0 Å². The summed E-state index contributed by atoms with van der Waals surface area (Å²) in [7, 11) is 0. The number of benzene rings is 1. The Bertz CT molecular complexity index is 451. The van der Waals surface area contributed by atoms with E-state index in [2.05, 4.69) is 38.2 Å². The summed E-state index contributed by atoms with van der Waals surface area (Å²) in [5, 5.41) is 3.54. The minimum atomic E-state index is -0.558. The summed E-state index contributed by atoms with van der Waals surface area (Å²) in [4.78, 5) is 12.9. The lowest BCUT2D eigenvalue weighted by atomic mass is 9.75. The van der Waals surface area contributed by atoms with Gasteiger partial charge in [0.1, 0.15) is 0 Å². The van der Waals surface area contributed by atoms with E-state index in [1.807, 2.05) is 45.9 Å². The first-order chi connectivity index (χ1) is 8.94. The average molecular weight is 275 g/mol. The molecule has 0 heterocycles. The quantitative estimate of drug-likeness (QED) is 0.900. The van der Waals surface area contributed by atoms with Gasteiger partial charge in [-0.25, -0.2) is 0 Å². The minimum absolute atomic E-state index is 0.107. The molecule has 0 aliphatic carbocycles. The Balaban J connectivity index is 3.11. The number of hydrogen-bond acceptors (Lipinski definition) is 2. The second-order valence-electron chi connectivity index (χ2n) is 7.95. The topological polar surface area (TPSA) is 29.1 Å². The molecule has 0 saturated heterocycles. The predicted molar refractivity (Wildman–Crippen MR) is 85.9 cm³/mol. The van der Waals surface area contributed by atoms with Gasteiger partial charge in [0.15, 0.2) is 5.78 Å². The van der Waals surface area contributed by atoms with Crippen LogP contribution in [0.2, 0.25) is 0 Å². The number of nitrogens with one attached hydrogen (secondary N) is 1. The van der Waals surface area contributed by atoms with Crippen molar-refractivity contribution in [1.82, 2.24) is 5.32 Å². The van der Waals surface area contributed by atoms with Crippen LogP contribution in [0.1, 0.15) is 54.0 Å². The molecule has 0 saturated carbocycles. The van der Waals surface area contributed by atoms with Gasteiger partial charge in [-0.1, -0.05) is 51.1 Å². The van der Waals surface area contributed by atoms with Gasteiger partial charge in [0.05, 0.1) is 5.54 Å². The molecule has 0 spiro atoms. The zero-order valence-electron chi connectivity index (χ0n) is 14.0. The second kappa shape index (κ2) is 5.69. The molecule has 0 aliphatic rings. The van der Waals surface area contributed by atoms with Crippen LogP contribution >= 0.6 is 0 Å². The molecule has 0 aliphatic heterocycles. The number of rotatable bonds is 4. The van der Waals surface area contributed by atoms with Crippen molar-refractivity contribution < 1.29 is 4.79 Å². The van der Waals surface area contributed by atoms with Crippen molar-refractivity contribution in [3.05, 3.63) is 35.9 Å². The average Bonchev–Trinajstić information content (AvgIpc) is 2.25. The Hall–Kier alpha value is -1.15. The molecule has 1 aromatic rings. The Kier molecular flexibility index (Phi) is 4.81. The van der Waals surface area contributed by atoms with Crippen LogP contribution in [0.15, 0.2) is 30.3 Å². The molecule has 20 heavy (non-hydrogen) atoms. The molecule has 1 rings (SSSR count). The smallest absolute Gasteiger partial charge is 0.158 e. The Labute approximate surface area is 124 Å². The van der Waals surface area contributed by atoms with E-state index < -0.39 is 5.54 Å². The number of carbonyl (C=O) groups is 1. The first-order valence-electron chi connectivity index (χ1n) is 7.32. The van der Waals surface area contributed by atoms with Crippen molar-refractivity contribution in [3.63, 3.8) is 0 Å². The number of Topliss-reactive ketones (excluding diaryl/α,β-unsaturated/α-hetero) is 1. The molecule has 2 heteroatoms. The highest BCUT2D eigenvalue weighted by Gasteiger charge is 2.41. The van der Waals surface area contributed by atoms with Crippen molar-refractivity contribution in [2.75, 3.05) is 0 Å². The molecule has 1 atom stereocenters. The summed E-state index contributed by atoms with van der Waals surface area (Å²) >= 11 is 0. The fourth-order valence-electron chi connectivity index (χ4n) is 2.84. The van der Waals surface area contributed by atoms with Crippen molar-refractivity contribution in [3.8, 4) is 0 Å². The third kappa shape index (κ3) is 4.75. The fraction of sp³-hybridized carbons (Fsp3) is 0.611. The number of hydrogen-bond donors (Lipinski definition) is 1. The zero-order chi connectivity index (χ0) is 15.6. The molecule has 112 valence electrons. The van der Waals surface area contributed by atoms with Gasteiger partial charge in [-0.05, 0) is 39.7 Å². The van der Waals surface area contributed by atoms with Gasteiger partial charge in [-0.3, -0.25) is 4.79 Å².